The van der Waals surface area contributed by atoms with Crippen molar-refractivity contribution in [3.8, 4) is 11.4 Å². The Labute approximate surface area is 166 Å². The molecule has 1 saturated heterocycles. The second kappa shape index (κ2) is 7.24. The molecule has 1 aromatic heterocycles. The quantitative estimate of drug-likeness (QED) is 0.613. The molecule has 0 amide bonds. The van der Waals surface area contributed by atoms with E-state index in [0.29, 0.717) is 35.8 Å². The van der Waals surface area contributed by atoms with Crippen molar-refractivity contribution in [3.05, 3.63) is 64.5 Å². The van der Waals surface area contributed by atoms with E-state index in [1.807, 2.05) is 12.1 Å². The average Bonchev–Trinajstić information content (AvgIpc) is 3.32. The summed E-state index contributed by atoms with van der Waals surface area (Å²) in [4.78, 5) is 4.48. The van der Waals surface area contributed by atoms with Crippen molar-refractivity contribution in [3.63, 3.8) is 0 Å². The van der Waals surface area contributed by atoms with Gasteiger partial charge in [0.25, 0.3) is 0 Å². The Balaban J connectivity index is 1.69. The highest BCUT2D eigenvalue weighted by atomic mass is 35.5. The highest BCUT2D eigenvalue weighted by Gasteiger charge is 2.40. The van der Waals surface area contributed by atoms with Gasteiger partial charge in [-0.15, -0.1) is 0 Å². The zero-order valence-electron chi connectivity index (χ0n) is 14.0. The summed E-state index contributed by atoms with van der Waals surface area (Å²) in [5.74, 6) is 0.579. The lowest BCUT2D eigenvalue weighted by atomic mass is 10.2. The van der Waals surface area contributed by atoms with E-state index < -0.39 is 16.1 Å². The van der Waals surface area contributed by atoms with Gasteiger partial charge in [0.05, 0.1) is 10.0 Å². The third-order valence-electron chi connectivity index (χ3n) is 4.47. The predicted octanol–water partition coefficient (Wildman–Crippen LogP) is 4.57. The third kappa shape index (κ3) is 3.36. The fourth-order valence-corrected chi connectivity index (χ4v) is 5.54. The minimum Gasteiger partial charge on any atom is -0.337 e. The van der Waals surface area contributed by atoms with Crippen LogP contribution in [0.15, 0.2) is 57.9 Å². The molecule has 0 bridgehead atoms. The summed E-state index contributed by atoms with van der Waals surface area (Å²) in [6.45, 7) is 0.363. The molecule has 4 rings (SSSR count). The first kappa shape index (κ1) is 18.4. The van der Waals surface area contributed by atoms with Gasteiger partial charge < -0.3 is 4.52 Å². The van der Waals surface area contributed by atoms with E-state index in [2.05, 4.69) is 10.1 Å². The van der Waals surface area contributed by atoms with Crippen molar-refractivity contribution in [2.75, 3.05) is 6.54 Å². The molecule has 0 aliphatic carbocycles. The van der Waals surface area contributed by atoms with Crippen molar-refractivity contribution in [1.29, 1.82) is 0 Å². The van der Waals surface area contributed by atoms with Gasteiger partial charge in [-0.05, 0) is 37.1 Å². The van der Waals surface area contributed by atoms with Crippen LogP contribution in [0, 0.1) is 0 Å². The van der Waals surface area contributed by atoms with Crippen molar-refractivity contribution < 1.29 is 12.9 Å². The highest BCUT2D eigenvalue weighted by molar-refractivity contribution is 7.89. The zero-order valence-corrected chi connectivity index (χ0v) is 16.4. The van der Waals surface area contributed by atoms with E-state index in [0.717, 1.165) is 0 Å². The lowest BCUT2D eigenvalue weighted by molar-refractivity contribution is 0.290. The Morgan fingerprint density at radius 1 is 1.04 bits per heavy atom. The van der Waals surface area contributed by atoms with Crippen LogP contribution in [0.2, 0.25) is 10.0 Å². The van der Waals surface area contributed by atoms with Gasteiger partial charge in [0.2, 0.25) is 21.7 Å². The molecule has 0 spiro atoms. The summed E-state index contributed by atoms with van der Waals surface area (Å²) < 4.78 is 33.0. The predicted molar refractivity (Wildman–Crippen MR) is 102 cm³/mol. The Kier molecular flexibility index (Phi) is 4.94. The van der Waals surface area contributed by atoms with E-state index in [9.17, 15) is 8.42 Å². The summed E-state index contributed by atoms with van der Waals surface area (Å²) in [6.07, 6.45) is 1.28. The number of halogens is 2. The van der Waals surface area contributed by atoms with E-state index >= 15 is 0 Å². The van der Waals surface area contributed by atoms with Crippen LogP contribution in [0.3, 0.4) is 0 Å². The smallest absolute Gasteiger partial charge is 0.245 e. The van der Waals surface area contributed by atoms with Crippen molar-refractivity contribution >= 4 is 33.2 Å². The van der Waals surface area contributed by atoms with E-state index in [4.69, 9.17) is 27.7 Å². The van der Waals surface area contributed by atoms with Gasteiger partial charge in [-0.1, -0.05) is 52.6 Å². The first-order valence-electron chi connectivity index (χ1n) is 8.33. The summed E-state index contributed by atoms with van der Waals surface area (Å²) >= 11 is 12.3. The fourth-order valence-electron chi connectivity index (χ4n) is 3.18. The summed E-state index contributed by atoms with van der Waals surface area (Å²) in [5, 5.41) is 4.66. The topological polar surface area (TPSA) is 76.3 Å². The standard InChI is InChI=1S/C18H15Cl2N3O3S/c19-13-7-2-1-6-12(13)17-21-18(26-22-17)15-9-5-11-23(15)27(24,25)16-10-4-3-8-14(16)20/h1-4,6-8,10,15H,5,9,11H2/t15-/m0/s1. The van der Waals surface area contributed by atoms with Crippen molar-refractivity contribution in [2.45, 2.75) is 23.8 Å². The lowest BCUT2D eigenvalue weighted by Crippen LogP contribution is -2.31. The van der Waals surface area contributed by atoms with Crippen LogP contribution in [0.25, 0.3) is 11.4 Å². The molecule has 2 heterocycles. The number of sulfonamides is 1. The van der Waals surface area contributed by atoms with Crippen LogP contribution < -0.4 is 0 Å². The maximum Gasteiger partial charge on any atom is 0.245 e. The van der Waals surface area contributed by atoms with Crippen LogP contribution in [0.4, 0.5) is 0 Å². The van der Waals surface area contributed by atoms with E-state index in [1.54, 1.807) is 30.3 Å². The van der Waals surface area contributed by atoms with Gasteiger partial charge >= 0.3 is 0 Å². The zero-order chi connectivity index (χ0) is 19.0. The van der Waals surface area contributed by atoms with Gasteiger partial charge in [-0.25, -0.2) is 8.42 Å². The first-order chi connectivity index (χ1) is 13.0. The van der Waals surface area contributed by atoms with Crippen LogP contribution in [0.1, 0.15) is 24.8 Å². The van der Waals surface area contributed by atoms with Crippen LogP contribution in [0.5, 0.6) is 0 Å². The molecule has 0 saturated carbocycles. The largest absolute Gasteiger partial charge is 0.337 e. The van der Waals surface area contributed by atoms with Gasteiger partial charge in [0.1, 0.15) is 10.9 Å². The molecule has 0 unspecified atom stereocenters. The van der Waals surface area contributed by atoms with Gasteiger partial charge in [-0.3, -0.25) is 0 Å². The number of hydrogen-bond donors (Lipinski definition) is 0. The number of benzene rings is 2. The van der Waals surface area contributed by atoms with Gasteiger partial charge in [0.15, 0.2) is 0 Å². The molecular weight excluding hydrogens is 409 g/mol. The molecule has 1 fully saturated rings. The maximum absolute atomic E-state index is 13.1. The molecule has 140 valence electrons. The molecule has 6 nitrogen and oxygen atoms in total. The Bertz CT molecular complexity index is 1080. The molecular formula is C18H15Cl2N3O3S. The Morgan fingerprint density at radius 2 is 1.74 bits per heavy atom. The second-order valence-corrected chi connectivity index (χ2v) is 8.81. The van der Waals surface area contributed by atoms with Crippen LogP contribution in [-0.2, 0) is 10.0 Å². The molecule has 0 radical (unpaired) electrons. The first-order valence-corrected chi connectivity index (χ1v) is 10.5. The van der Waals surface area contributed by atoms with Gasteiger partial charge in [0, 0.05) is 12.1 Å². The maximum atomic E-state index is 13.1. The number of nitrogens with zero attached hydrogens (tertiary/aromatic N) is 3. The lowest BCUT2D eigenvalue weighted by Gasteiger charge is -2.21. The number of aromatic nitrogens is 2. The third-order valence-corrected chi connectivity index (χ3v) is 7.21. The average molecular weight is 424 g/mol. The number of rotatable bonds is 4. The van der Waals surface area contributed by atoms with Crippen LogP contribution in [-0.4, -0.2) is 29.4 Å². The molecule has 1 atom stereocenters. The molecule has 0 N–H and O–H groups in total. The van der Waals surface area contributed by atoms with Crippen LogP contribution >= 0.6 is 23.2 Å². The monoisotopic (exact) mass is 423 g/mol. The summed E-state index contributed by atoms with van der Waals surface area (Å²) in [6, 6.07) is 13.0. The minimum absolute atomic E-state index is 0.0735. The number of hydrogen-bond acceptors (Lipinski definition) is 5. The SMILES string of the molecule is O=S(=O)(c1ccccc1Cl)N1CCC[C@H]1c1nc(-c2ccccc2Cl)no1. The molecule has 27 heavy (non-hydrogen) atoms. The van der Waals surface area contributed by atoms with Crippen molar-refractivity contribution in [2.24, 2.45) is 0 Å². The summed E-state index contributed by atoms with van der Waals surface area (Å²) in [5.41, 5.74) is 0.632. The van der Waals surface area contributed by atoms with E-state index in [1.165, 1.54) is 10.4 Å². The normalized spacial score (nSPS) is 18.1. The second-order valence-electron chi connectivity index (χ2n) is 6.14. The van der Waals surface area contributed by atoms with Crippen molar-refractivity contribution in [1.82, 2.24) is 14.4 Å². The molecule has 1 aliphatic rings. The molecule has 1 aliphatic heterocycles. The highest BCUT2D eigenvalue weighted by Crippen LogP contribution is 2.38. The molecule has 2 aromatic carbocycles. The fraction of sp³-hybridized carbons (Fsp3) is 0.222. The Hall–Kier alpha value is -1.93. The molecule has 9 heteroatoms. The Morgan fingerprint density at radius 3 is 2.48 bits per heavy atom. The summed E-state index contributed by atoms with van der Waals surface area (Å²) in [7, 11) is -3.78. The minimum atomic E-state index is -3.78. The van der Waals surface area contributed by atoms with E-state index in [-0.39, 0.29) is 15.8 Å². The molecule has 3 aromatic rings. The van der Waals surface area contributed by atoms with Gasteiger partial charge in [-0.2, -0.15) is 9.29 Å².